The third-order valence-corrected chi connectivity index (χ3v) is 4.22. The number of benzene rings is 2. The monoisotopic (exact) mass is 348 g/mol. The molecule has 3 amide bonds. The molecule has 0 saturated heterocycles. The van der Waals surface area contributed by atoms with Crippen molar-refractivity contribution in [2.75, 3.05) is 11.9 Å². The van der Waals surface area contributed by atoms with Gasteiger partial charge in [0, 0.05) is 0 Å². The van der Waals surface area contributed by atoms with Gasteiger partial charge in [0.15, 0.2) is 0 Å². The lowest BCUT2D eigenvalue weighted by atomic mass is 10.1. The van der Waals surface area contributed by atoms with Gasteiger partial charge in [0.2, 0.25) is 5.91 Å². The summed E-state index contributed by atoms with van der Waals surface area (Å²) in [5, 5.41) is 3.04. The Morgan fingerprint density at radius 1 is 0.957 bits per heavy atom. The smallest absolute Gasteiger partial charge is 0.262 e. The third kappa shape index (κ3) is 2.81. The molecule has 3 rings (SSSR count). The van der Waals surface area contributed by atoms with Gasteiger partial charge < -0.3 is 5.32 Å². The van der Waals surface area contributed by atoms with Crippen LogP contribution in [0.2, 0.25) is 10.0 Å². The summed E-state index contributed by atoms with van der Waals surface area (Å²) < 4.78 is 0. The summed E-state index contributed by atoms with van der Waals surface area (Å²) in [4.78, 5) is 37.4. The molecule has 7 heteroatoms. The maximum atomic E-state index is 12.2. The number of nitrogens with zero attached hydrogens (tertiary/aromatic N) is 1. The van der Waals surface area contributed by atoms with Gasteiger partial charge in [0.05, 0.1) is 26.9 Å². The average molecular weight is 349 g/mol. The van der Waals surface area contributed by atoms with Crippen LogP contribution in [0.1, 0.15) is 20.7 Å². The molecule has 1 heterocycles. The molecule has 0 spiro atoms. The Hall–Kier alpha value is -2.37. The Bertz CT molecular complexity index is 801. The Labute approximate surface area is 141 Å². The summed E-state index contributed by atoms with van der Waals surface area (Å²) in [7, 11) is 0. The van der Waals surface area contributed by atoms with E-state index in [4.69, 9.17) is 23.2 Å². The highest BCUT2D eigenvalue weighted by atomic mass is 35.5. The second kappa shape index (κ2) is 6.02. The quantitative estimate of drug-likeness (QED) is 0.866. The molecule has 0 saturated carbocycles. The molecule has 0 aromatic heterocycles. The van der Waals surface area contributed by atoms with E-state index in [1.165, 1.54) is 0 Å². The van der Waals surface area contributed by atoms with Gasteiger partial charge in [-0.25, -0.2) is 0 Å². The topological polar surface area (TPSA) is 66.5 Å². The number of imide groups is 1. The van der Waals surface area contributed by atoms with Crippen LogP contribution in [0.4, 0.5) is 5.69 Å². The van der Waals surface area contributed by atoms with Gasteiger partial charge in [0.1, 0.15) is 6.54 Å². The number of fused-ring (bicyclic) bond motifs is 1. The molecule has 1 N–H and O–H groups in total. The normalized spacial score (nSPS) is 13.2. The van der Waals surface area contributed by atoms with Crippen molar-refractivity contribution in [1.82, 2.24) is 4.90 Å². The number of hydrogen-bond donors (Lipinski definition) is 1. The molecule has 5 nitrogen and oxygen atoms in total. The van der Waals surface area contributed by atoms with Crippen LogP contribution in [0.15, 0.2) is 42.5 Å². The summed E-state index contributed by atoms with van der Waals surface area (Å²) in [5.41, 5.74) is 0.915. The first kappa shape index (κ1) is 15.5. The number of rotatable bonds is 3. The second-order valence-corrected chi connectivity index (χ2v) is 5.68. The molecule has 116 valence electrons. The van der Waals surface area contributed by atoms with Gasteiger partial charge in [-0.05, 0) is 24.3 Å². The van der Waals surface area contributed by atoms with Crippen LogP contribution < -0.4 is 5.32 Å². The summed E-state index contributed by atoms with van der Waals surface area (Å²) >= 11 is 11.9. The molecular formula is C16H10Cl2N2O3. The summed E-state index contributed by atoms with van der Waals surface area (Å²) in [6.07, 6.45) is 0. The standard InChI is InChI=1S/C16H10Cl2N2O3/c17-11-6-3-7-12(14(11)18)19-13(21)8-20-15(22)9-4-1-2-5-10(9)16(20)23/h1-7H,8H2,(H,19,21). The van der Waals surface area contributed by atoms with Crippen LogP contribution in [-0.2, 0) is 4.79 Å². The van der Waals surface area contributed by atoms with E-state index in [1.807, 2.05) is 0 Å². The molecule has 0 radical (unpaired) electrons. The van der Waals surface area contributed by atoms with Gasteiger partial charge in [-0.1, -0.05) is 41.4 Å². The zero-order chi connectivity index (χ0) is 16.6. The Morgan fingerprint density at radius 2 is 1.57 bits per heavy atom. The van der Waals surface area contributed by atoms with Crippen LogP contribution >= 0.6 is 23.2 Å². The lowest BCUT2D eigenvalue weighted by Gasteiger charge is -2.14. The molecule has 1 aliphatic heterocycles. The lowest BCUT2D eigenvalue weighted by Crippen LogP contribution is -2.37. The van der Waals surface area contributed by atoms with Crippen molar-refractivity contribution < 1.29 is 14.4 Å². The third-order valence-electron chi connectivity index (χ3n) is 3.41. The second-order valence-electron chi connectivity index (χ2n) is 4.89. The number of nitrogens with one attached hydrogen (secondary N) is 1. The SMILES string of the molecule is O=C(CN1C(=O)c2ccccc2C1=O)Nc1cccc(Cl)c1Cl. The van der Waals surface area contributed by atoms with Gasteiger partial charge in [-0.15, -0.1) is 0 Å². The number of halogens is 2. The van der Waals surface area contributed by atoms with Crippen LogP contribution in [0, 0.1) is 0 Å². The van der Waals surface area contributed by atoms with E-state index in [0.717, 1.165) is 4.90 Å². The van der Waals surface area contributed by atoms with Crippen LogP contribution in [0.5, 0.6) is 0 Å². The zero-order valence-corrected chi connectivity index (χ0v) is 13.2. The predicted molar refractivity (Wildman–Crippen MR) is 86.9 cm³/mol. The van der Waals surface area contributed by atoms with E-state index >= 15 is 0 Å². The van der Waals surface area contributed by atoms with Crippen molar-refractivity contribution in [2.45, 2.75) is 0 Å². The van der Waals surface area contributed by atoms with Crippen molar-refractivity contribution >= 4 is 46.6 Å². The van der Waals surface area contributed by atoms with Crippen molar-refractivity contribution in [3.8, 4) is 0 Å². The van der Waals surface area contributed by atoms with Gasteiger partial charge in [-0.2, -0.15) is 0 Å². The van der Waals surface area contributed by atoms with E-state index in [1.54, 1.807) is 42.5 Å². The lowest BCUT2D eigenvalue weighted by molar-refractivity contribution is -0.116. The Morgan fingerprint density at radius 3 is 2.17 bits per heavy atom. The molecule has 2 aromatic carbocycles. The summed E-state index contributed by atoms with van der Waals surface area (Å²) in [6, 6.07) is 11.2. The van der Waals surface area contributed by atoms with E-state index in [0.29, 0.717) is 21.8 Å². The fourth-order valence-corrected chi connectivity index (χ4v) is 2.66. The molecule has 1 aliphatic rings. The predicted octanol–water partition coefficient (Wildman–Crippen LogP) is 3.23. The van der Waals surface area contributed by atoms with E-state index < -0.39 is 24.3 Å². The molecule has 0 atom stereocenters. The summed E-state index contributed by atoms with van der Waals surface area (Å²) in [5.74, 6) is -1.51. The number of carbonyl (C=O) groups is 3. The first-order valence-corrected chi connectivity index (χ1v) is 7.43. The van der Waals surface area contributed by atoms with Crippen molar-refractivity contribution in [3.63, 3.8) is 0 Å². The largest absolute Gasteiger partial charge is 0.323 e. The molecule has 0 bridgehead atoms. The Balaban J connectivity index is 1.76. The zero-order valence-electron chi connectivity index (χ0n) is 11.7. The number of anilines is 1. The molecule has 2 aromatic rings. The minimum atomic E-state index is -0.538. The molecule has 0 fully saturated rings. The van der Waals surface area contributed by atoms with E-state index in [-0.39, 0.29) is 5.02 Å². The first-order chi connectivity index (χ1) is 11.0. The first-order valence-electron chi connectivity index (χ1n) is 6.68. The number of hydrogen-bond acceptors (Lipinski definition) is 3. The number of carbonyl (C=O) groups excluding carboxylic acids is 3. The minimum absolute atomic E-state index is 0.199. The maximum Gasteiger partial charge on any atom is 0.262 e. The number of amides is 3. The van der Waals surface area contributed by atoms with Crippen molar-refractivity contribution in [2.24, 2.45) is 0 Å². The van der Waals surface area contributed by atoms with Gasteiger partial charge in [0.25, 0.3) is 11.8 Å². The van der Waals surface area contributed by atoms with Gasteiger partial charge in [-0.3, -0.25) is 19.3 Å². The van der Waals surface area contributed by atoms with E-state index in [2.05, 4.69) is 5.32 Å². The molecule has 0 unspecified atom stereocenters. The fourth-order valence-electron chi connectivity index (χ4n) is 2.32. The fraction of sp³-hybridized carbons (Fsp3) is 0.0625. The van der Waals surface area contributed by atoms with Gasteiger partial charge >= 0.3 is 0 Å². The highest BCUT2D eigenvalue weighted by molar-refractivity contribution is 6.44. The van der Waals surface area contributed by atoms with Crippen LogP contribution in [0.3, 0.4) is 0 Å². The summed E-state index contributed by atoms with van der Waals surface area (Å²) in [6.45, 7) is -0.394. The van der Waals surface area contributed by atoms with E-state index in [9.17, 15) is 14.4 Å². The highest BCUT2D eigenvalue weighted by Crippen LogP contribution is 2.29. The maximum absolute atomic E-state index is 12.2. The van der Waals surface area contributed by atoms with Crippen LogP contribution in [0.25, 0.3) is 0 Å². The minimum Gasteiger partial charge on any atom is -0.323 e. The van der Waals surface area contributed by atoms with Crippen LogP contribution in [-0.4, -0.2) is 29.2 Å². The molecule has 23 heavy (non-hydrogen) atoms. The van der Waals surface area contributed by atoms with Crippen molar-refractivity contribution in [3.05, 3.63) is 63.6 Å². The highest BCUT2D eigenvalue weighted by Gasteiger charge is 2.36. The Kier molecular flexibility index (Phi) is 4.07. The molecular weight excluding hydrogens is 339 g/mol. The molecule has 0 aliphatic carbocycles. The van der Waals surface area contributed by atoms with Crippen molar-refractivity contribution in [1.29, 1.82) is 0 Å². The average Bonchev–Trinajstić information content (AvgIpc) is 2.77.